The maximum Gasteiger partial charge on any atom is 0.111 e. The van der Waals surface area contributed by atoms with Gasteiger partial charge in [0, 0.05) is 7.05 Å². The zero-order chi connectivity index (χ0) is 6.85. The fraction of sp³-hybridized carbons (Fsp3) is 0.600. The molecule has 4 heteroatoms. The number of aryl methyl sites for hydroxylation is 2. The van der Waals surface area contributed by atoms with Crippen molar-refractivity contribution < 1.29 is 5.11 Å². The van der Waals surface area contributed by atoms with Gasteiger partial charge in [0.1, 0.15) is 5.69 Å². The minimum atomic E-state index is -0.0281. The van der Waals surface area contributed by atoms with Gasteiger partial charge >= 0.3 is 0 Å². The predicted octanol–water partition coefficient (Wildman–Crippen LogP) is -0.384. The van der Waals surface area contributed by atoms with Crippen molar-refractivity contribution in [2.75, 3.05) is 0 Å². The summed E-state index contributed by atoms with van der Waals surface area (Å²) >= 11 is 0. The molecule has 0 amide bonds. The zero-order valence-corrected chi connectivity index (χ0v) is 5.50. The molecule has 1 N–H and O–H groups in total. The first kappa shape index (κ1) is 6.22. The summed E-state index contributed by atoms with van der Waals surface area (Å²) < 4.78 is 0. The van der Waals surface area contributed by atoms with Crippen LogP contribution in [0.15, 0.2) is 0 Å². The molecule has 0 fully saturated rings. The Morgan fingerprint density at radius 1 is 1.56 bits per heavy atom. The van der Waals surface area contributed by atoms with E-state index in [4.69, 9.17) is 5.11 Å². The van der Waals surface area contributed by atoms with Crippen LogP contribution in [0.25, 0.3) is 0 Å². The Hall–Kier alpha value is -0.900. The Labute approximate surface area is 53.1 Å². The third-order valence-electron chi connectivity index (χ3n) is 1.13. The van der Waals surface area contributed by atoms with Crippen molar-refractivity contribution in [2.24, 2.45) is 7.05 Å². The Morgan fingerprint density at radius 2 is 2.22 bits per heavy atom. The highest BCUT2D eigenvalue weighted by Crippen LogP contribution is 1.97. The van der Waals surface area contributed by atoms with Gasteiger partial charge in [-0.2, -0.15) is 15.0 Å². The standard InChI is InChI=1S/C5H9N3O/c1-4-5(3-9)7-8(2)6-4/h9H,3H2,1-2H3. The lowest BCUT2D eigenvalue weighted by molar-refractivity contribution is 0.275. The monoisotopic (exact) mass is 127 g/mol. The van der Waals surface area contributed by atoms with E-state index in [9.17, 15) is 0 Å². The van der Waals surface area contributed by atoms with E-state index in [1.807, 2.05) is 6.92 Å². The van der Waals surface area contributed by atoms with Crippen molar-refractivity contribution in [3.63, 3.8) is 0 Å². The summed E-state index contributed by atoms with van der Waals surface area (Å²) in [4.78, 5) is 1.45. The lowest BCUT2D eigenvalue weighted by atomic mass is 10.4. The first-order valence-corrected chi connectivity index (χ1v) is 2.71. The van der Waals surface area contributed by atoms with E-state index in [2.05, 4.69) is 10.2 Å². The Bertz CT molecular complexity index is 206. The van der Waals surface area contributed by atoms with Crippen molar-refractivity contribution in [1.29, 1.82) is 0 Å². The van der Waals surface area contributed by atoms with Gasteiger partial charge in [-0.1, -0.05) is 0 Å². The summed E-state index contributed by atoms with van der Waals surface area (Å²) in [6.07, 6.45) is 0. The molecule has 0 atom stereocenters. The summed E-state index contributed by atoms with van der Waals surface area (Å²) in [6.45, 7) is 1.79. The molecule has 0 aromatic carbocycles. The van der Waals surface area contributed by atoms with Crippen LogP contribution >= 0.6 is 0 Å². The average Bonchev–Trinajstić information content (AvgIpc) is 2.10. The SMILES string of the molecule is Cc1nn(C)nc1CO. The molecule has 0 unspecified atom stereocenters. The number of aliphatic hydroxyl groups is 1. The van der Waals surface area contributed by atoms with Gasteiger partial charge in [-0.15, -0.1) is 0 Å². The molecule has 0 aliphatic heterocycles. The molecular weight excluding hydrogens is 118 g/mol. The van der Waals surface area contributed by atoms with Crippen LogP contribution in [0.1, 0.15) is 11.4 Å². The smallest absolute Gasteiger partial charge is 0.111 e. The molecule has 0 saturated heterocycles. The molecule has 50 valence electrons. The van der Waals surface area contributed by atoms with E-state index in [0.29, 0.717) is 5.69 Å². The topological polar surface area (TPSA) is 50.9 Å². The Balaban J connectivity index is 3.01. The molecule has 1 heterocycles. The average molecular weight is 127 g/mol. The summed E-state index contributed by atoms with van der Waals surface area (Å²) in [5.41, 5.74) is 1.44. The molecule has 0 saturated carbocycles. The second-order valence-corrected chi connectivity index (χ2v) is 1.88. The number of hydrogen-bond donors (Lipinski definition) is 1. The second-order valence-electron chi connectivity index (χ2n) is 1.88. The fourth-order valence-electron chi connectivity index (χ4n) is 0.690. The molecule has 4 nitrogen and oxygen atoms in total. The van der Waals surface area contributed by atoms with Crippen molar-refractivity contribution in [3.05, 3.63) is 11.4 Å². The minimum absolute atomic E-state index is 0.0281. The maximum absolute atomic E-state index is 8.62. The zero-order valence-electron chi connectivity index (χ0n) is 5.50. The first-order chi connectivity index (χ1) is 4.24. The van der Waals surface area contributed by atoms with Crippen LogP contribution < -0.4 is 0 Å². The molecule has 0 radical (unpaired) electrons. The minimum Gasteiger partial charge on any atom is -0.390 e. The van der Waals surface area contributed by atoms with Crippen LogP contribution in [-0.2, 0) is 13.7 Å². The number of hydrogen-bond acceptors (Lipinski definition) is 3. The van der Waals surface area contributed by atoms with E-state index in [0.717, 1.165) is 5.69 Å². The molecular formula is C5H9N3O. The van der Waals surface area contributed by atoms with Crippen LogP contribution in [0.3, 0.4) is 0 Å². The summed E-state index contributed by atoms with van der Waals surface area (Å²) in [7, 11) is 1.73. The highest BCUT2D eigenvalue weighted by Gasteiger charge is 2.00. The van der Waals surface area contributed by atoms with Gasteiger partial charge in [0.2, 0.25) is 0 Å². The van der Waals surface area contributed by atoms with E-state index >= 15 is 0 Å². The highest BCUT2D eigenvalue weighted by atomic mass is 16.3. The maximum atomic E-state index is 8.62. The molecule has 1 aromatic heterocycles. The molecule has 0 spiro atoms. The van der Waals surface area contributed by atoms with Gasteiger partial charge in [-0.25, -0.2) is 0 Å². The van der Waals surface area contributed by atoms with E-state index in [-0.39, 0.29) is 6.61 Å². The fourth-order valence-corrected chi connectivity index (χ4v) is 0.690. The van der Waals surface area contributed by atoms with Gasteiger partial charge in [0.05, 0.1) is 12.3 Å². The second kappa shape index (κ2) is 2.14. The van der Waals surface area contributed by atoms with Crippen molar-refractivity contribution in [3.8, 4) is 0 Å². The molecule has 1 rings (SSSR count). The van der Waals surface area contributed by atoms with E-state index < -0.39 is 0 Å². The first-order valence-electron chi connectivity index (χ1n) is 2.71. The third-order valence-corrected chi connectivity index (χ3v) is 1.13. The van der Waals surface area contributed by atoms with Gasteiger partial charge in [-0.3, -0.25) is 0 Å². The summed E-state index contributed by atoms with van der Waals surface area (Å²) in [5, 5.41) is 16.4. The lowest BCUT2D eigenvalue weighted by Crippen LogP contribution is -1.92. The Kier molecular flexibility index (Phi) is 1.48. The number of rotatable bonds is 1. The van der Waals surface area contributed by atoms with Crippen molar-refractivity contribution in [2.45, 2.75) is 13.5 Å². The molecule has 0 bridgehead atoms. The molecule has 9 heavy (non-hydrogen) atoms. The van der Waals surface area contributed by atoms with Gasteiger partial charge in [0.25, 0.3) is 0 Å². The molecule has 0 aliphatic carbocycles. The van der Waals surface area contributed by atoms with E-state index in [1.54, 1.807) is 7.05 Å². The Morgan fingerprint density at radius 3 is 2.44 bits per heavy atom. The highest BCUT2D eigenvalue weighted by molar-refractivity contribution is 5.03. The summed E-state index contributed by atoms with van der Waals surface area (Å²) in [5.74, 6) is 0. The quantitative estimate of drug-likeness (QED) is 0.559. The van der Waals surface area contributed by atoms with Crippen LogP contribution in [0.5, 0.6) is 0 Å². The predicted molar refractivity (Wildman–Crippen MR) is 31.7 cm³/mol. The van der Waals surface area contributed by atoms with Crippen LogP contribution in [0.2, 0.25) is 0 Å². The van der Waals surface area contributed by atoms with Crippen molar-refractivity contribution in [1.82, 2.24) is 15.0 Å². The third kappa shape index (κ3) is 1.08. The van der Waals surface area contributed by atoms with Crippen molar-refractivity contribution >= 4 is 0 Å². The van der Waals surface area contributed by atoms with Crippen LogP contribution in [-0.4, -0.2) is 20.1 Å². The van der Waals surface area contributed by atoms with E-state index in [1.165, 1.54) is 4.80 Å². The summed E-state index contributed by atoms with van der Waals surface area (Å²) in [6, 6.07) is 0. The van der Waals surface area contributed by atoms with Crippen LogP contribution in [0.4, 0.5) is 0 Å². The number of aromatic nitrogens is 3. The van der Waals surface area contributed by atoms with Gasteiger partial charge < -0.3 is 5.11 Å². The normalized spacial score (nSPS) is 10.1. The largest absolute Gasteiger partial charge is 0.390 e. The number of aliphatic hydroxyl groups excluding tert-OH is 1. The molecule has 0 aliphatic rings. The molecule has 1 aromatic rings. The van der Waals surface area contributed by atoms with Crippen LogP contribution in [0, 0.1) is 6.92 Å². The lowest BCUT2D eigenvalue weighted by Gasteiger charge is -1.83. The van der Waals surface area contributed by atoms with Gasteiger partial charge in [-0.05, 0) is 6.92 Å². The number of nitrogens with zero attached hydrogens (tertiary/aromatic N) is 3. The van der Waals surface area contributed by atoms with Gasteiger partial charge in [0.15, 0.2) is 0 Å².